The molecule has 0 saturated carbocycles. The van der Waals surface area contributed by atoms with Crippen molar-refractivity contribution in [3.63, 3.8) is 0 Å². The molecule has 0 aliphatic carbocycles. The first-order valence-electron chi connectivity index (χ1n) is 4.91. The standard InChI is InChI=1S/C12H4F3IN4/c13-12(14,15)8-1-9(16)3-10(2-8)20-11(6-19)7(4-17)5-18/h1-3,20H. The number of anilines is 1. The minimum absolute atomic E-state index is 0.0243. The van der Waals surface area contributed by atoms with Crippen molar-refractivity contribution in [2.75, 3.05) is 5.32 Å². The summed E-state index contributed by atoms with van der Waals surface area (Å²) in [6, 6.07) is 7.65. The molecule has 20 heavy (non-hydrogen) atoms. The minimum atomic E-state index is -4.53. The van der Waals surface area contributed by atoms with E-state index in [1.807, 2.05) is 0 Å². The lowest BCUT2D eigenvalue weighted by Gasteiger charge is -2.11. The second kappa shape index (κ2) is 6.27. The Labute approximate surface area is 125 Å². The highest BCUT2D eigenvalue weighted by Gasteiger charge is 2.31. The smallest absolute Gasteiger partial charge is 0.345 e. The largest absolute Gasteiger partial charge is 0.416 e. The lowest BCUT2D eigenvalue weighted by atomic mass is 10.2. The molecule has 0 radical (unpaired) electrons. The molecule has 0 fully saturated rings. The molecule has 0 aromatic heterocycles. The molecule has 8 heteroatoms. The first kappa shape index (κ1) is 15.8. The summed E-state index contributed by atoms with van der Waals surface area (Å²) in [7, 11) is 0. The van der Waals surface area contributed by atoms with Gasteiger partial charge in [-0.05, 0) is 40.8 Å². The number of alkyl halides is 3. The van der Waals surface area contributed by atoms with Gasteiger partial charge in [0.25, 0.3) is 0 Å². The van der Waals surface area contributed by atoms with Gasteiger partial charge in [-0.15, -0.1) is 0 Å². The van der Waals surface area contributed by atoms with Gasteiger partial charge in [0.05, 0.1) is 5.56 Å². The van der Waals surface area contributed by atoms with Crippen molar-refractivity contribution >= 4 is 28.3 Å². The van der Waals surface area contributed by atoms with Crippen molar-refractivity contribution in [2.45, 2.75) is 6.18 Å². The van der Waals surface area contributed by atoms with Crippen molar-refractivity contribution in [2.24, 2.45) is 0 Å². The molecule has 1 aromatic rings. The van der Waals surface area contributed by atoms with Crippen LogP contribution in [-0.2, 0) is 6.18 Å². The Morgan fingerprint density at radius 3 is 2.10 bits per heavy atom. The molecule has 100 valence electrons. The van der Waals surface area contributed by atoms with Crippen molar-refractivity contribution in [1.29, 1.82) is 15.8 Å². The third-order valence-corrected chi connectivity index (χ3v) is 2.70. The fourth-order valence-corrected chi connectivity index (χ4v) is 1.92. The lowest BCUT2D eigenvalue weighted by Crippen LogP contribution is -2.07. The Hall–Kier alpha value is -2.25. The molecule has 0 aliphatic rings. The summed E-state index contributed by atoms with van der Waals surface area (Å²) in [5, 5.41) is 28.5. The molecule has 0 atom stereocenters. The van der Waals surface area contributed by atoms with Gasteiger partial charge in [0, 0.05) is 9.26 Å². The number of nitrogens with zero attached hydrogens (tertiary/aromatic N) is 3. The van der Waals surface area contributed by atoms with Crippen LogP contribution in [0.1, 0.15) is 5.56 Å². The van der Waals surface area contributed by atoms with Gasteiger partial charge in [-0.2, -0.15) is 29.0 Å². The van der Waals surface area contributed by atoms with Crippen LogP contribution in [0.25, 0.3) is 0 Å². The molecule has 1 aromatic carbocycles. The third kappa shape index (κ3) is 3.87. The van der Waals surface area contributed by atoms with Crippen LogP contribution in [0.2, 0.25) is 0 Å². The Morgan fingerprint density at radius 1 is 1.05 bits per heavy atom. The van der Waals surface area contributed by atoms with Crippen LogP contribution in [0.4, 0.5) is 18.9 Å². The van der Waals surface area contributed by atoms with Crippen LogP contribution < -0.4 is 5.32 Å². The van der Waals surface area contributed by atoms with Gasteiger partial charge in [-0.3, -0.25) is 0 Å². The highest BCUT2D eigenvalue weighted by atomic mass is 127. The van der Waals surface area contributed by atoms with E-state index in [9.17, 15) is 13.2 Å². The molecule has 1 rings (SSSR count). The van der Waals surface area contributed by atoms with Crippen LogP contribution in [0.5, 0.6) is 0 Å². The van der Waals surface area contributed by atoms with E-state index in [1.54, 1.807) is 28.7 Å². The average Bonchev–Trinajstić information content (AvgIpc) is 2.37. The molecule has 0 heterocycles. The van der Waals surface area contributed by atoms with E-state index >= 15 is 0 Å². The van der Waals surface area contributed by atoms with Crippen LogP contribution in [0.3, 0.4) is 0 Å². The number of hydrogen-bond acceptors (Lipinski definition) is 4. The summed E-state index contributed by atoms with van der Waals surface area (Å²) in [5.41, 5.74) is -1.81. The summed E-state index contributed by atoms with van der Waals surface area (Å²) < 4.78 is 38.2. The number of nitrogens with one attached hydrogen (secondary N) is 1. The number of allylic oxidation sites excluding steroid dienone is 2. The van der Waals surface area contributed by atoms with Gasteiger partial charge in [-0.25, -0.2) is 0 Å². The average molecular weight is 388 g/mol. The van der Waals surface area contributed by atoms with Crippen molar-refractivity contribution in [1.82, 2.24) is 0 Å². The molecule has 0 unspecified atom stereocenters. The van der Waals surface area contributed by atoms with Crippen molar-refractivity contribution < 1.29 is 13.2 Å². The Morgan fingerprint density at radius 2 is 1.65 bits per heavy atom. The minimum Gasteiger partial charge on any atom is -0.345 e. The van der Waals surface area contributed by atoms with Crippen molar-refractivity contribution in [3.05, 3.63) is 38.6 Å². The predicted molar refractivity (Wildman–Crippen MR) is 71.6 cm³/mol. The van der Waals surface area contributed by atoms with Crippen LogP contribution in [-0.4, -0.2) is 0 Å². The first-order valence-corrected chi connectivity index (χ1v) is 5.99. The SMILES string of the molecule is N#CC(C#N)=C(C#N)Nc1cc(I)cc(C(F)(F)F)c1. The van der Waals surface area contributed by atoms with Crippen LogP contribution in [0.15, 0.2) is 29.5 Å². The van der Waals surface area contributed by atoms with E-state index in [1.165, 1.54) is 18.2 Å². The summed E-state index contributed by atoms with van der Waals surface area (Å²) in [6.45, 7) is 0. The second-order valence-corrected chi connectivity index (χ2v) is 4.68. The van der Waals surface area contributed by atoms with Gasteiger partial charge in [0.1, 0.15) is 23.9 Å². The zero-order valence-electron chi connectivity index (χ0n) is 9.59. The second-order valence-electron chi connectivity index (χ2n) is 3.44. The van der Waals surface area contributed by atoms with Crippen molar-refractivity contribution in [3.8, 4) is 18.2 Å². The molecule has 0 aliphatic heterocycles. The van der Waals surface area contributed by atoms with E-state index in [0.29, 0.717) is 3.57 Å². The molecule has 1 N–H and O–H groups in total. The molecule has 0 bridgehead atoms. The van der Waals surface area contributed by atoms with E-state index in [-0.39, 0.29) is 5.69 Å². The lowest BCUT2D eigenvalue weighted by molar-refractivity contribution is -0.137. The van der Waals surface area contributed by atoms with Gasteiger partial charge in [0.2, 0.25) is 0 Å². The normalized spacial score (nSPS) is 9.85. The van der Waals surface area contributed by atoms with Crippen LogP contribution >= 0.6 is 22.6 Å². The Bertz CT molecular complexity index is 671. The molecular weight excluding hydrogens is 384 g/mol. The summed E-state index contributed by atoms with van der Waals surface area (Å²) >= 11 is 1.70. The Kier molecular flexibility index (Phi) is 4.95. The number of rotatable bonds is 2. The number of hydrogen-bond donors (Lipinski definition) is 1. The van der Waals surface area contributed by atoms with Crippen LogP contribution in [0, 0.1) is 37.6 Å². The fraction of sp³-hybridized carbons (Fsp3) is 0.0833. The maximum atomic E-state index is 12.6. The zero-order valence-corrected chi connectivity index (χ0v) is 11.7. The molecule has 4 nitrogen and oxygen atoms in total. The van der Waals surface area contributed by atoms with E-state index < -0.39 is 23.0 Å². The third-order valence-electron chi connectivity index (χ3n) is 2.08. The van der Waals surface area contributed by atoms with E-state index in [0.717, 1.165) is 12.1 Å². The fourth-order valence-electron chi connectivity index (χ4n) is 1.25. The number of halogens is 4. The monoisotopic (exact) mass is 388 g/mol. The summed E-state index contributed by atoms with van der Waals surface area (Å²) in [6.07, 6.45) is -4.53. The van der Waals surface area contributed by atoms with Gasteiger partial charge in [-0.1, -0.05) is 0 Å². The number of nitriles is 3. The summed E-state index contributed by atoms with van der Waals surface area (Å²) in [5.74, 6) is 0. The first-order chi connectivity index (χ1) is 9.31. The number of benzene rings is 1. The predicted octanol–water partition coefficient (Wildman–Crippen LogP) is 3.55. The van der Waals surface area contributed by atoms with E-state index in [4.69, 9.17) is 15.8 Å². The Balaban J connectivity index is 3.28. The molecular formula is C12H4F3IN4. The van der Waals surface area contributed by atoms with Gasteiger partial charge >= 0.3 is 6.18 Å². The summed E-state index contributed by atoms with van der Waals surface area (Å²) in [4.78, 5) is 0. The zero-order chi connectivity index (χ0) is 15.3. The molecule has 0 saturated heterocycles. The maximum absolute atomic E-state index is 12.6. The highest BCUT2D eigenvalue weighted by Crippen LogP contribution is 2.32. The quantitative estimate of drug-likeness (QED) is 0.621. The van der Waals surface area contributed by atoms with Gasteiger partial charge < -0.3 is 5.32 Å². The van der Waals surface area contributed by atoms with Gasteiger partial charge in [0.15, 0.2) is 5.57 Å². The molecule has 0 amide bonds. The highest BCUT2D eigenvalue weighted by molar-refractivity contribution is 14.1. The van der Waals surface area contributed by atoms with E-state index in [2.05, 4.69) is 5.32 Å². The topological polar surface area (TPSA) is 83.4 Å². The molecule has 0 spiro atoms. The maximum Gasteiger partial charge on any atom is 0.416 e.